The van der Waals surface area contributed by atoms with Crippen molar-refractivity contribution in [2.75, 3.05) is 12.0 Å². The van der Waals surface area contributed by atoms with Crippen LogP contribution in [0.3, 0.4) is 0 Å². The number of phenols is 1. The van der Waals surface area contributed by atoms with Crippen LogP contribution >= 0.6 is 45.8 Å². The van der Waals surface area contributed by atoms with E-state index in [4.69, 9.17) is 33.7 Å². The average Bonchev–Trinajstić information content (AvgIpc) is 3.35. The third kappa shape index (κ3) is 3.88. The fourth-order valence-corrected chi connectivity index (χ4v) is 8.63. The summed E-state index contributed by atoms with van der Waals surface area (Å²) in [5.74, 6) is -23.6. The first kappa shape index (κ1) is 32.4. The molecular formula is C28H17Cl2F5IN3O7. The Morgan fingerprint density at radius 3 is 2.13 bits per heavy atom. The Balaban J connectivity index is 1.63. The number of allylic oxidation sites excluding steroid dienone is 2. The SMILES string of the molecule is COc1cc(C2C3=CCC4C(=O)N(C(N)=O)C(=O)C4C3CC3(Cl)C(=O)N(c4c(F)c(F)c(F)c(F)c4F)C(=O)C23Cl)cc(I)c1O. The second-order valence-corrected chi connectivity index (χ2v) is 13.5. The van der Waals surface area contributed by atoms with E-state index >= 15 is 8.78 Å². The third-order valence-electron chi connectivity index (χ3n) is 9.05. The molecule has 2 aliphatic heterocycles. The van der Waals surface area contributed by atoms with Gasteiger partial charge in [0.2, 0.25) is 17.6 Å². The molecule has 6 amide bonds. The zero-order valence-corrected chi connectivity index (χ0v) is 26.5. The summed E-state index contributed by atoms with van der Waals surface area (Å²) in [5.41, 5.74) is 3.53. The van der Waals surface area contributed by atoms with Gasteiger partial charge >= 0.3 is 6.03 Å². The molecule has 0 aromatic heterocycles. The highest BCUT2D eigenvalue weighted by Crippen LogP contribution is 2.66. The van der Waals surface area contributed by atoms with Gasteiger partial charge in [-0.1, -0.05) is 11.6 Å². The van der Waals surface area contributed by atoms with Gasteiger partial charge in [0.25, 0.3) is 11.8 Å². The van der Waals surface area contributed by atoms with Gasteiger partial charge in [-0.2, -0.15) is 4.90 Å². The summed E-state index contributed by atoms with van der Waals surface area (Å²) in [7, 11) is 1.20. The molecule has 10 nitrogen and oxygen atoms in total. The van der Waals surface area contributed by atoms with Crippen LogP contribution in [0.4, 0.5) is 32.4 Å². The Hall–Kier alpha value is -3.51. The highest BCUT2D eigenvalue weighted by Gasteiger charge is 2.77. The van der Waals surface area contributed by atoms with Crippen LogP contribution in [0.1, 0.15) is 24.3 Å². The lowest BCUT2D eigenvalue weighted by atomic mass is 9.56. The van der Waals surface area contributed by atoms with Crippen LogP contribution in [0.15, 0.2) is 23.8 Å². The van der Waals surface area contributed by atoms with Gasteiger partial charge in [0, 0.05) is 5.92 Å². The molecule has 6 rings (SSSR count). The number of hydrogen-bond acceptors (Lipinski definition) is 7. The van der Waals surface area contributed by atoms with E-state index < -0.39 is 104 Å². The van der Waals surface area contributed by atoms with Gasteiger partial charge in [0.05, 0.1) is 22.5 Å². The lowest BCUT2D eigenvalue weighted by molar-refractivity contribution is -0.136. The monoisotopic (exact) mass is 799 g/mol. The third-order valence-corrected chi connectivity index (χ3v) is 11.3. The lowest BCUT2D eigenvalue weighted by Gasteiger charge is -2.50. The number of hydrogen-bond donors (Lipinski definition) is 2. The fourth-order valence-electron chi connectivity index (χ4n) is 7.07. The number of phenolic OH excluding ortho intramolecular Hbond substituents is 1. The molecule has 3 fully saturated rings. The standard InChI is InChI=1S/C28H17Cl2F5IN3O7/c1-46-12-5-7(4-11(36)21(12)40)14-8-2-3-9-13(23(42)39(22(9)41)26(37)45)10(8)6-27(29)24(43)38(25(44)28(14,27)30)20-18(34)16(32)15(31)17(33)19(20)35/h2,4-5,9-10,13-14,40H,3,6H2,1H3,(H2,37,45). The molecule has 6 unspecified atom stereocenters. The normalized spacial score (nSPS) is 30.3. The highest BCUT2D eigenvalue weighted by molar-refractivity contribution is 14.1. The quantitative estimate of drug-likeness (QED) is 0.0894. The molecule has 2 saturated heterocycles. The van der Waals surface area contributed by atoms with Gasteiger partial charge in [0.15, 0.2) is 44.5 Å². The number of rotatable bonds is 3. The molecule has 0 radical (unpaired) electrons. The van der Waals surface area contributed by atoms with Crippen LogP contribution in [0.5, 0.6) is 11.5 Å². The largest absolute Gasteiger partial charge is 0.504 e. The van der Waals surface area contributed by atoms with Gasteiger partial charge in [-0.25, -0.2) is 31.6 Å². The molecule has 2 aromatic carbocycles. The lowest BCUT2D eigenvalue weighted by Crippen LogP contribution is -2.60. The van der Waals surface area contributed by atoms with Gasteiger partial charge in [-0.05, 0) is 59.0 Å². The Labute approximate surface area is 278 Å². The molecule has 18 heteroatoms. The number of anilines is 1. The van der Waals surface area contributed by atoms with Crippen molar-refractivity contribution in [1.82, 2.24) is 4.90 Å². The number of urea groups is 1. The molecule has 2 aromatic rings. The minimum absolute atomic E-state index is 0.0254. The van der Waals surface area contributed by atoms with Crippen LogP contribution in [0.25, 0.3) is 0 Å². The number of methoxy groups -OCH3 is 1. The van der Waals surface area contributed by atoms with Crippen molar-refractivity contribution in [3.63, 3.8) is 0 Å². The van der Waals surface area contributed by atoms with E-state index in [1.165, 1.54) is 25.3 Å². The molecule has 242 valence electrons. The number of primary amides is 1. The summed E-state index contributed by atoms with van der Waals surface area (Å²) in [6.07, 6.45) is 0.507. The van der Waals surface area contributed by atoms with E-state index in [-0.39, 0.29) is 42.4 Å². The number of imide groups is 4. The Bertz CT molecular complexity index is 1850. The maximum Gasteiger partial charge on any atom is 0.328 e. The summed E-state index contributed by atoms with van der Waals surface area (Å²) in [5, 5.41) is 10.5. The van der Waals surface area contributed by atoms with Crippen LogP contribution in [0, 0.1) is 50.4 Å². The first-order valence-electron chi connectivity index (χ1n) is 13.2. The van der Waals surface area contributed by atoms with E-state index in [1.54, 1.807) is 22.6 Å². The molecule has 0 bridgehead atoms. The van der Waals surface area contributed by atoms with Crippen LogP contribution in [-0.2, 0) is 19.2 Å². The van der Waals surface area contributed by atoms with E-state index in [9.17, 15) is 42.3 Å². The zero-order chi connectivity index (χ0) is 33.9. The van der Waals surface area contributed by atoms with E-state index in [2.05, 4.69) is 0 Å². The Kier molecular flexibility index (Phi) is 7.40. The number of likely N-dealkylation sites (tertiary alicyclic amines) is 1. The number of nitrogens with zero attached hydrogens (tertiary/aromatic N) is 2. The van der Waals surface area contributed by atoms with E-state index in [0.717, 1.165) is 0 Å². The first-order chi connectivity index (χ1) is 21.4. The van der Waals surface area contributed by atoms with E-state index in [1.807, 2.05) is 0 Å². The molecule has 46 heavy (non-hydrogen) atoms. The number of ether oxygens (including phenoxy) is 1. The summed E-state index contributed by atoms with van der Waals surface area (Å²) in [6.45, 7) is 0. The van der Waals surface area contributed by atoms with Crippen molar-refractivity contribution in [3.8, 4) is 11.5 Å². The summed E-state index contributed by atoms with van der Waals surface area (Å²) in [4.78, 5) is 61.3. The first-order valence-corrected chi connectivity index (χ1v) is 15.0. The van der Waals surface area contributed by atoms with Crippen LogP contribution in [-0.4, -0.2) is 56.5 Å². The highest BCUT2D eigenvalue weighted by atomic mass is 127. The van der Waals surface area contributed by atoms with Crippen molar-refractivity contribution < 1.29 is 55.8 Å². The zero-order valence-electron chi connectivity index (χ0n) is 22.8. The number of benzene rings is 2. The minimum Gasteiger partial charge on any atom is -0.504 e. The fraction of sp³-hybridized carbons (Fsp3) is 0.321. The predicted octanol–water partition coefficient (Wildman–Crippen LogP) is 4.34. The molecule has 4 aliphatic rings. The van der Waals surface area contributed by atoms with Crippen LogP contribution in [0.2, 0.25) is 0 Å². The Morgan fingerprint density at radius 1 is 0.978 bits per heavy atom. The van der Waals surface area contributed by atoms with Gasteiger partial charge in [-0.3, -0.25) is 19.2 Å². The number of fused-ring (bicyclic) bond motifs is 4. The number of carbonyl (C=O) groups is 5. The second kappa shape index (κ2) is 10.5. The molecule has 0 spiro atoms. The maximum atomic E-state index is 15.1. The predicted molar refractivity (Wildman–Crippen MR) is 155 cm³/mol. The summed E-state index contributed by atoms with van der Waals surface area (Å²) >= 11 is 15.7. The second-order valence-electron chi connectivity index (χ2n) is 11.1. The van der Waals surface area contributed by atoms with Crippen molar-refractivity contribution in [1.29, 1.82) is 0 Å². The summed E-state index contributed by atoms with van der Waals surface area (Å²) < 4.78 is 78.1. The minimum atomic E-state index is -2.76. The molecular weight excluding hydrogens is 783 g/mol. The molecule has 1 saturated carbocycles. The molecule has 2 aliphatic carbocycles. The van der Waals surface area contributed by atoms with Crippen molar-refractivity contribution in [2.24, 2.45) is 23.5 Å². The molecule has 6 atom stereocenters. The summed E-state index contributed by atoms with van der Waals surface area (Å²) in [6, 6.07) is 1.17. The molecule has 3 N–H and O–H groups in total. The number of carbonyl (C=O) groups excluding carboxylic acids is 5. The average molecular weight is 800 g/mol. The number of aromatic hydroxyl groups is 1. The van der Waals surface area contributed by atoms with Gasteiger partial charge in [-0.15, -0.1) is 23.2 Å². The van der Waals surface area contributed by atoms with Gasteiger partial charge in [0.1, 0.15) is 5.69 Å². The number of alkyl halides is 2. The van der Waals surface area contributed by atoms with Crippen molar-refractivity contribution >= 4 is 81.1 Å². The topological polar surface area (TPSA) is 147 Å². The van der Waals surface area contributed by atoms with Crippen LogP contribution < -0.4 is 15.4 Å². The molecule has 2 heterocycles. The number of halogens is 8. The maximum absolute atomic E-state index is 15.1. The van der Waals surface area contributed by atoms with E-state index in [0.29, 0.717) is 0 Å². The number of nitrogens with two attached hydrogens (primary N) is 1. The van der Waals surface area contributed by atoms with Gasteiger partial charge < -0.3 is 15.6 Å². The number of amides is 6. The van der Waals surface area contributed by atoms with Crippen molar-refractivity contribution in [3.05, 3.63) is 62.0 Å². The Morgan fingerprint density at radius 2 is 1.57 bits per heavy atom. The smallest absolute Gasteiger partial charge is 0.328 e. The van der Waals surface area contributed by atoms with Crippen molar-refractivity contribution in [2.45, 2.75) is 28.5 Å².